The summed E-state index contributed by atoms with van der Waals surface area (Å²) in [6.07, 6.45) is 0. The Balaban J connectivity index is 1.27. The van der Waals surface area contributed by atoms with Gasteiger partial charge in [-0.15, -0.1) is 11.3 Å². The highest BCUT2D eigenvalue weighted by atomic mass is 32.1. The number of anilines is 3. The summed E-state index contributed by atoms with van der Waals surface area (Å²) in [6.45, 7) is 0. The molecule has 0 saturated carbocycles. The van der Waals surface area contributed by atoms with Gasteiger partial charge in [0.1, 0.15) is 11.2 Å². The van der Waals surface area contributed by atoms with Gasteiger partial charge >= 0.3 is 0 Å². The molecule has 8 aromatic carbocycles. The molecule has 0 aliphatic heterocycles. The minimum Gasteiger partial charge on any atom is -0.455 e. The highest BCUT2D eigenvalue weighted by Crippen LogP contribution is 2.48. The molecule has 47 heavy (non-hydrogen) atoms. The van der Waals surface area contributed by atoms with Gasteiger partial charge in [0, 0.05) is 53.0 Å². The standard InChI is InChI=1S/C44H27NOS/c1-3-14-31-28(11-1)13-9-20-38(31)45(30-24-26-35-34-17-6-8-22-41(34)47-42(35)27-30)39-19-7-5-16-33(39)36-18-10-21-40-43(36)37-25-23-29-12-2-4-15-32(29)44(37)46-40/h1-27H. The summed E-state index contributed by atoms with van der Waals surface area (Å²) in [6, 6.07) is 59.0. The molecule has 0 fully saturated rings. The van der Waals surface area contributed by atoms with Crippen molar-refractivity contribution in [2.75, 3.05) is 4.90 Å². The maximum atomic E-state index is 6.62. The third kappa shape index (κ3) is 4.04. The maximum Gasteiger partial charge on any atom is 0.143 e. The van der Waals surface area contributed by atoms with E-state index >= 15 is 0 Å². The van der Waals surface area contributed by atoms with Gasteiger partial charge in [0.2, 0.25) is 0 Å². The molecular weight excluding hydrogens is 591 g/mol. The van der Waals surface area contributed by atoms with Gasteiger partial charge < -0.3 is 9.32 Å². The Morgan fingerprint density at radius 1 is 0.426 bits per heavy atom. The number of hydrogen-bond donors (Lipinski definition) is 0. The zero-order valence-electron chi connectivity index (χ0n) is 25.4. The molecular formula is C44H27NOS. The van der Waals surface area contributed by atoms with Crippen LogP contribution in [-0.2, 0) is 0 Å². The lowest BCUT2D eigenvalue weighted by Crippen LogP contribution is -2.11. The van der Waals surface area contributed by atoms with Crippen LogP contribution in [0.4, 0.5) is 17.1 Å². The minimum absolute atomic E-state index is 0.895. The van der Waals surface area contributed by atoms with Crippen LogP contribution in [0.1, 0.15) is 0 Å². The Morgan fingerprint density at radius 3 is 1.98 bits per heavy atom. The highest BCUT2D eigenvalue weighted by Gasteiger charge is 2.22. The van der Waals surface area contributed by atoms with E-state index in [0.717, 1.165) is 55.5 Å². The van der Waals surface area contributed by atoms with Crippen molar-refractivity contribution in [3.8, 4) is 11.1 Å². The predicted molar refractivity (Wildman–Crippen MR) is 202 cm³/mol. The van der Waals surface area contributed by atoms with Crippen molar-refractivity contribution < 1.29 is 4.42 Å². The van der Waals surface area contributed by atoms with Crippen molar-refractivity contribution >= 4 is 92.1 Å². The van der Waals surface area contributed by atoms with Crippen LogP contribution in [-0.4, -0.2) is 0 Å². The first-order valence-corrected chi connectivity index (χ1v) is 16.7. The second-order valence-electron chi connectivity index (χ2n) is 12.1. The number of rotatable bonds is 4. The van der Waals surface area contributed by atoms with Crippen LogP contribution in [0, 0.1) is 0 Å². The fraction of sp³-hybridized carbons (Fsp3) is 0. The molecule has 2 aromatic heterocycles. The number of benzene rings is 8. The number of thiophene rings is 1. The summed E-state index contributed by atoms with van der Waals surface area (Å²) >= 11 is 1.85. The first-order valence-electron chi connectivity index (χ1n) is 15.9. The smallest absolute Gasteiger partial charge is 0.143 e. The number of nitrogens with zero attached hydrogens (tertiary/aromatic N) is 1. The van der Waals surface area contributed by atoms with E-state index in [1.807, 2.05) is 11.3 Å². The third-order valence-electron chi connectivity index (χ3n) is 9.45. The Labute approximate surface area is 275 Å². The van der Waals surface area contributed by atoms with Crippen LogP contribution in [0.25, 0.3) is 74.8 Å². The van der Waals surface area contributed by atoms with Gasteiger partial charge in [-0.3, -0.25) is 0 Å². The second-order valence-corrected chi connectivity index (χ2v) is 13.2. The van der Waals surface area contributed by atoms with Gasteiger partial charge in [-0.2, -0.15) is 0 Å². The van der Waals surface area contributed by atoms with E-state index in [1.165, 1.54) is 36.3 Å². The normalized spacial score (nSPS) is 11.8. The molecule has 0 bridgehead atoms. The van der Waals surface area contributed by atoms with Crippen LogP contribution in [0.15, 0.2) is 168 Å². The minimum atomic E-state index is 0.895. The predicted octanol–water partition coefficient (Wildman–Crippen LogP) is 13.4. The number of hydrogen-bond acceptors (Lipinski definition) is 3. The van der Waals surface area contributed by atoms with E-state index in [4.69, 9.17) is 4.42 Å². The lowest BCUT2D eigenvalue weighted by Gasteiger charge is -2.29. The summed E-state index contributed by atoms with van der Waals surface area (Å²) < 4.78 is 9.21. The van der Waals surface area contributed by atoms with Gasteiger partial charge in [-0.1, -0.05) is 121 Å². The number of fused-ring (bicyclic) bond motifs is 9. The van der Waals surface area contributed by atoms with Gasteiger partial charge in [0.25, 0.3) is 0 Å². The van der Waals surface area contributed by atoms with E-state index < -0.39 is 0 Å². The van der Waals surface area contributed by atoms with Crippen LogP contribution in [0.3, 0.4) is 0 Å². The summed E-state index contributed by atoms with van der Waals surface area (Å²) in [7, 11) is 0. The average Bonchev–Trinajstić information content (AvgIpc) is 3.71. The van der Waals surface area contributed by atoms with E-state index in [1.54, 1.807) is 0 Å². The second kappa shape index (κ2) is 10.3. The molecule has 10 rings (SSSR count). The molecule has 2 nitrogen and oxygen atoms in total. The number of furan rings is 1. The van der Waals surface area contributed by atoms with Gasteiger partial charge in [-0.05, 0) is 58.8 Å². The van der Waals surface area contributed by atoms with Crippen LogP contribution in [0.5, 0.6) is 0 Å². The Hall–Kier alpha value is -5.90. The quantitative estimate of drug-likeness (QED) is 0.195. The van der Waals surface area contributed by atoms with Gasteiger partial charge in [-0.25, -0.2) is 0 Å². The molecule has 10 aromatic rings. The molecule has 0 atom stereocenters. The third-order valence-corrected chi connectivity index (χ3v) is 10.6. The van der Waals surface area contributed by atoms with Crippen LogP contribution in [0.2, 0.25) is 0 Å². The molecule has 0 N–H and O–H groups in total. The molecule has 0 aliphatic carbocycles. The van der Waals surface area contributed by atoms with Gasteiger partial charge in [0.05, 0.1) is 11.4 Å². The van der Waals surface area contributed by atoms with Crippen molar-refractivity contribution in [3.63, 3.8) is 0 Å². The van der Waals surface area contributed by atoms with Crippen molar-refractivity contribution in [3.05, 3.63) is 164 Å². The largest absolute Gasteiger partial charge is 0.455 e. The topological polar surface area (TPSA) is 16.4 Å². The summed E-state index contributed by atoms with van der Waals surface area (Å²) in [5, 5.41) is 9.61. The van der Waals surface area contributed by atoms with Crippen molar-refractivity contribution in [2.24, 2.45) is 0 Å². The molecule has 0 radical (unpaired) electrons. The van der Waals surface area contributed by atoms with Crippen molar-refractivity contribution in [1.82, 2.24) is 0 Å². The Morgan fingerprint density at radius 2 is 1.06 bits per heavy atom. The van der Waals surface area contributed by atoms with E-state index in [0.29, 0.717) is 0 Å². The first-order chi connectivity index (χ1) is 23.3. The molecule has 0 amide bonds. The lowest BCUT2D eigenvalue weighted by molar-refractivity contribution is 0.673. The monoisotopic (exact) mass is 617 g/mol. The molecule has 2 heterocycles. The van der Waals surface area contributed by atoms with Crippen molar-refractivity contribution in [2.45, 2.75) is 0 Å². The van der Waals surface area contributed by atoms with Crippen LogP contribution < -0.4 is 4.90 Å². The fourth-order valence-electron chi connectivity index (χ4n) is 7.34. The first kappa shape index (κ1) is 26.3. The van der Waals surface area contributed by atoms with Crippen LogP contribution >= 0.6 is 11.3 Å². The summed E-state index contributed by atoms with van der Waals surface area (Å²) in [4.78, 5) is 2.44. The van der Waals surface area contributed by atoms with E-state index in [9.17, 15) is 0 Å². The Kier molecular flexibility index (Phi) is 5.78. The average molecular weight is 618 g/mol. The maximum absolute atomic E-state index is 6.62. The highest BCUT2D eigenvalue weighted by molar-refractivity contribution is 7.25. The Bertz CT molecular complexity index is 2820. The number of para-hydroxylation sites is 1. The molecule has 0 unspecified atom stereocenters. The van der Waals surface area contributed by atoms with Gasteiger partial charge in [0.15, 0.2) is 0 Å². The lowest BCUT2D eigenvalue weighted by atomic mass is 9.95. The molecule has 220 valence electrons. The summed E-state index contributed by atoms with van der Waals surface area (Å²) in [5.74, 6) is 0. The summed E-state index contributed by atoms with van der Waals surface area (Å²) in [5.41, 5.74) is 7.52. The zero-order valence-corrected chi connectivity index (χ0v) is 26.2. The molecule has 0 saturated heterocycles. The zero-order chi connectivity index (χ0) is 30.9. The molecule has 0 aliphatic rings. The fourth-order valence-corrected chi connectivity index (χ4v) is 8.48. The SMILES string of the molecule is c1ccc(N(c2ccc3c(c2)sc2ccccc23)c2cccc3ccccc23)c(-c2cccc3oc4c5ccccc5ccc4c23)c1. The van der Waals surface area contributed by atoms with E-state index in [2.05, 4.69) is 169 Å². The van der Waals surface area contributed by atoms with Crippen molar-refractivity contribution in [1.29, 1.82) is 0 Å². The van der Waals surface area contributed by atoms with E-state index in [-0.39, 0.29) is 0 Å². The molecule has 3 heteroatoms. The molecule has 0 spiro atoms.